The van der Waals surface area contributed by atoms with E-state index in [0.29, 0.717) is 23.6 Å². The number of anilines is 1. The van der Waals surface area contributed by atoms with E-state index in [2.05, 4.69) is 29.5 Å². The zero-order valence-corrected chi connectivity index (χ0v) is 25.7. The number of halogens is 2. The van der Waals surface area contributed by atoms with Gasteiger partial charge in [-0.05, 0) is 80.1 Å². The van der Waals surface area contributed by atoms with Crippen molar-refractivity contribution in [1.82, 2.24) is 19.8 Å². The molecule has 2 amide bonds. The van der Waals surface area contributed by atoms with E-state index in [1.807, 2.05) is 6.07 Å². The van der Waals surface area contributed by atoms with Crippen molar-refractivity contribution in [2.75, 3.05) is 25.0 Å². The van der Waals surface area contributed by atoms with Crippen molar-refractivity contribution < 1.29 is 23.1 Å². The van der Waals surface area contributed by atoms with E-state index in [1.165, 1.54) is 18.2 Å². The fourth-order valence-corrected chi connectivity index (χ4v) is 5.13. The van der Waals surface area contributed by atoms with Crippen molar-refractivity contribution in [3.05, 3.63) is 75.2 Å². The van der Waals surface area contributed by atoms with Gasteiger partial charge in [-0.1, -0.05) is 19.9 Å². The standard InChI is InChI=1S/C33H36F2N6O4/c1-19(2)14-37-15-22-10-27(32(44)41(16-22)24-6-7-24)30(42)39-28-11-23(12-29(38-28)45-20(3)4)25-8-5-21(13-36)9-26(25)31(43)40-17-33(34,35)18-40/h5,8-12,16,19-20,24,37H,6-7,14-15,17-18H2,1-4H3,(H,38,39,42). The number of benzene rings is 1. The molecule has 0 spiro atoms. The van der Waals surface area contributed by atoms with E-state index in [0.717, 1.165) is 29.8 Å². The summed E-state index contributed by atoms with van der Waals surface area (Å²) in [5.74, 6) is -3.63. The number of carbonyl (C=O) groups is 2. The summed E-state index contributed by atoms with van der Waals surface area (Å²) in [6, 6.07) is 11.1. The van der Waals surface area contributed by atoms with E-state index in [1.54, 1.807) is 42.8 Å². The Morgan fingerprint density at radius 2 is 1.84 bits per heavy atom. The fourth-order valence-electron chi connectivity index (χ4n) is 5.13. The average Bonchev–Trinajstić information content (AvgIpc) is 3.80. The van der Waals surface area contributed by atoms with Crippen LogP contribution in [-0.2, 0) is 6.54 Å². The Morgan fingerprint density at radius 3 is 2.47 bits per heavy atom. The van der Waals surface area contributed by atoms with Crippen LogP contribution in [0.4, 0.5) is 14.6 Å². The number of likely N-dealkylation sites (tertiary alicyclic amines) is 1. The number of nitrogens with zero attached hydrogens (tertiary/aromatic N) is 4. The van der Waals surface area contributed by atoms with Gasteiger partial charge in [-0.25, -0.2) is 8.78 Å². The van der Waals surface area contributed by atoms with Crippen LogP contribution in [0.2, 0.25) is 0 Å². The van der Waals surface area contributed by atoms with Gasteiger partial charge in [0, 0.05) is 30.4 Å². The summed E-state index contributed by atoms with van der Waals surface area (Å²) in [6.07, 6.45) is 3.24. The quantitative estimate of drug-likeness (QED) is 0.310. The summed E-state index contributed by atoms with van der Waals surface area (Å²) < 4.78 is 34.7. The Labute approximate surface area is 260 Å². The number of nitriles is 1. The Morgan fingerprint density at radius 1 is 1.11 bits per heavy atom. The Balaban J connectivity index is 1.51. The molecule has 45 heavy (non-hydrogen) atoms. The van der Waals surface area contributed by atoms with Crippen LogP contribution >= 0.6 is 0 Å². The predicted octanol–water partition coefficient (Wildman–Crippen LogP) is 4.99. The summed E-state index contributed by atoms with van der Waals surface area (Å²) in [7, 11) is 0. The molecule has 0 unspecified atom stereocenters. The minimum atomic E-state index is -2.96. The molecule has 12 heteroatoms. The van der Waals surface area contributed by atoms with Crippen LogP contribution in [0.5, 0.6) is 5.88 Å². The zero-order chi connectivity index (χ0) is 32.5. The van der Waals surface area contributed by atoms with Crippen LogP contribution < -0.4 is 20.9 Å². The smallest absolute Gasteiger partial charge is 0.282 e. The second kappa shape index (κ2) is 12.8. The molecule has 0 bridgehead atoms. The molecule has 0 radical (unpaired) electrons. The van der Waals surface area contributed by atoms with E-state index < -0.39 is 36.4 Å². The first-order chi connectivity index (χ1) is 21.3. The number of rotatable bonds is 11. The highest BCUT2D eigenvalue weighted by Gasteiger charge is 2.46. The van der Waals surface area contributed by atoms with Crippen molar-refractivity contribution in [1.29, 1.82) is 5.26 Å². The number of ether oxygens (including phenoxy) is 1. The predicted molar refractivity (Wildman–Crippen MR) is 164 cm³/mol. The van der Waals surface area contributed by atoms with Crippen molar-refractivity contribution in [2.45, 2.75) is 65.1 Å². The maximum Gasteiger partial charge on any atom is 0.282 e. The number of aromatic nitrogens is 2. The van der Waals surface area contributed by atoms with Gasteiger partial charge in [-0.15, -0.1) is 0 Å². The van der Waals surface area contributed by atoms with Crippen molar-refractivity contribution in [3.63, 3.8) is 0 Å². The molecule has 3 aromatic rings. The van der Waals surface area contributed by atoms with E-state index in [-0.39, 0.29) is 40.5 Å². The van der Waals surface area contributed by atoms with Gasteiger partial charge >= 0.3 is 0 Å². The van der Waals surface area contributed by atoms with Gasteiger partial charge in [-0.3, -0.25) is 14.4 Å². The molecule has 10 nitrogen and oxygen atoms in total. The first-order valence-electron chi connectivity index (χ1n) is 15.0. The van der Waals surface area contributed by atoms with Gasteiger partial charge in [0.05, 0.1) is 30.8 Å². The van der Waals surface area contributed by atoms with Crippen LogP contribution in [0, 0.1) is 17.2 Å². The topological polar surface area (TPSA) is 129 Å². The molecule has 1 saturated heterocycles. The Hall–Kier alpha value is -4.63. The summed E-state index contributed by atoms with van der Waals surface area (Å²) in [5.41, 5.74) is 1.35. The molecule has 1 saturated carbocycles. The highest BCUT2D eigenvalue weighted by atomic mass is 19.3. The van der Waals surface area contributed by atoms with Gasteiger partial charge < -0.3 is 24.8 Å². The number of carbonyl (C=O) groups excluding carboxylic acids is 2. The molecule has 2 aliphatic rings. The van der Waals surface area contributed by atoms with Gasteiger partial charge in [0.2, 0.25) is 5.88 Å². The molecular weight excluding hydrogens is 582 g/mol. The lowest BCUT2D eigenvalue weighted by Gasteiger charge is -2.39. The maximum absolute atomic E-state index is 13.6. The van der Waals surface area contributed by atoms with Crippen molar-refractivity contribution in [2.24, 2.45) is 5.92 Å². The lowest BCUT2D eigenvalue weighted by atomic mass is 9.96. The third kappa shape index (κ3) is 7.54. The Bertz CT molecular complexity index is 1720. The van der Waals surface area contributed by atoms with Crippen LogP contribution in [0.1, 0.15) is 78.4 Å². The third-order valence-corrected chi connectivity index (χ3v) is 7.39. The highest BCUT2D eigenvalue weighted by Crippen LogP contribution is 2.35. The van der Waals surface area contributed by atoms with Gasteiger partial charge in [0.1, 0.15) is 11.4 Å². The molecule has 0 atom stereocenters. The van der Waals surface area contributed by atoms with E-state index in [9.17, 15) is 28.4 Å². The fraction of sp³-hybridized carbons (Fsp3) is 0.424. The van der Waals surface area contributed by atoms with E-state index >= 15 is 0 Å². The molecule has 2 N–H and O–H groups in total. The summed E-state index contributed by atoms with van der Waals surface area (Å²) >= 11 is 0. The minimum absolute atomic E-state index is 0.0303. The Kier molecular flexibility index (Phi) is 9.02. The second-order valence-electron chi connectivity index (χ2n) is 12.3. The van der Waals surface area contributed by atoms with Crippen LogP contribution in [0.25, 0.3) is 11.1 Å². The van der Waals surface area contributed by atoms with E-state index in [4.69, 9.17) is 4.74 Å². The first kappa shape index (κ1) is 31.8. The second-order valence-corrected chi connectivity index (χ2v) is 12.3. The highest BCUT2D eigenvalue weighted by molar-refractivity contribution is 6.05. The number of pyridine rings is 2. The molecule has 236 valence electrons. The van der Waals surface area contributed by atoms with Gasteiger partial charge in [0.15, 0.2) is 0 Å². The van der Waals surface area contributed by atoms with Crippen LogP contribution in [0.3, 0.4) is 0 Å². The van der Waals surface area contributed by atoms with Crippen molar-refractivity contribution in [3.8, 4) is 23.1 Å². The molecular formula is C33H36F2N6O4. The largest absolute Gasteiger partial charge is 0.475 e. The number of amides is 2. The zero-order valence-electron chi connectivity index (χ0n) is 25.7. The SMILES string of the molecule is CC(C)CNCc1cc(C(=O)Nc2cc(-c3ccc(C#N)cc3C(=O)N3CC(F)(F)C3)cc(OC(C)C)n2)c(=O)n(C2CC2)c1. The van der Waals surface area contributed by atoms with Gasteiger partial charge in [-0.2, -0.15) is 10.2 Å². The summed E-state index contributed by atoms with van der Waals surface area (Å²) in [5, 5.41) is 15.5. The number of nitrogens with one attached hydrogen (secondary N) is 2. The van der Waals surface area contributed by atoms with Crippen LogP contribution in [-0.4, -0.2) is 57.9 Å². The molecule has 1 aliphatic carbocycles. The lowest BCUT2D eigenvalue weighted by Crippen LogP contribution is -2.58. The number of hydrogen-bond donors (Lipinski definition) is 2. The first-order valence-corrected chi connectivity index (χ1v) is 15.0. The van der Waals surface area contributed by atoms with Crippen LogP contribution in [0.15, 0.2) is 47.4 Å². The molecule has 1 aliphatic heterocycles. The molecule has 2 aromatic heterocycles. The summed E-state index contributed by atoms with van der Waals surface area (Å²) in [6.45, 7) is 7.62. The monoisotopic (exact) mass is 618 g/mol. The molecule has 1 aromatic carbocycles. The van der Waals surface area contributed by atoms with Gasteiger partial charge in [0.25, 0.3) is 23.3 Å². The minimum Gasteiger partial charge on any atom is -0.475 e. The lowest BCUT2D eigenvalue weighted by molar-refractivity contribution is -0.113. The van der Waals surface area contributed by atoms with Crippen molar-refractivity contribution >= 4 is 17.6 Å². The normalized spacial score (nSPS) is 15.5. The third-order valence-electron chi connectivity index (χ3n) is 7.39. The molecule has 2 fully saturated rings. The number of hydrogen-bond acceptors (Lipinski definition) is 7. The number of alkyl halides is 2. The maximum atomic E-state index is 13.6. The molecule has 5 rings (SSSR count). The molecule has 3 heterocycles. The average molecular weight is 619 g/mol. The summed E-state index contributed by atoms with van der Waals surface area (Å²) in [4.78, 5) is 45.7.